The summed E-state index contributed by atoms with van der Waals surface area (Å²) in [5.74, 6) is 1.21. The van der Waals surface area contributed by atoms with Crippen molar-refractivity contribution in [1.82, 2.24) is 0 Å². The third kappa shape index (κ3) is 2.01. The number of rotatable bonds is 3. The second-order valence-electron chi connectivity index (χ2n) is 3.33. The maximum atomic E-state index is 5.54. The number of thioether (sulfide) groups is 2. The molecule has 76 valence electrons. The molecule has 0 saturated carbocycles. The molecule has 0 N–H and O–H groups in total. The highest BCUT2D eigenvalue weighted by molar-refractivity contribution is 8.17. The van der Waals surface area contributed by atoms with Gasteiger partial charge in [-0.3, -0.25) is 0 Å². The van der Waals surface area contributed by atoms with E-state index in [4.69, 9.17) is 4.74 Å². The summed E-state index contributed by atoms with van der Waals surface area (Å²) < 4.78 is 5.73. The van der Waals surface area contributed by atoms with Crippen molar-refractivity contribution in [2.24, 2.45) is 0 Å². The van der Waals surface area contributed by atoms with E-state index in [0.717, 1.165) is 0 Å². The van der Waals surface area contributed by atoms with Gasteiger partial charge in [0.05, 0.1) is 7.11 Å². The van der Waals surface area contributed by atoms with Crippen LogP contribution in [-0.4, -0.2) is 23.7 Å². The van der Waals surface area contributed by atoms with Crippen LogP contribution in [0.1, 0.15) is 26.2 Å². The van der Waals surface area contributed by atoms with Gasteiger partial charge in [0.1, 0.15) is 9.84 Å². The van der Waals surface area contributed by atoms with Gasteiger partial charge in [-0.1, -0.05) is 0 Å². The van der Waals surface area contributed by atoms with Crippen LogP contribution < -0.4 is 0 Å². The van der Waals surface area contributed by atoms with Crippen molar-refractivity contribution < 1.29 is 4.74 Å². The summed E-state index contributed by atoms with van der Waals surface area (Å²) in [5.41, 5.74) is 1.43. The third-order valence-corrected chi connectivity index (χ3v) is 5.75. The van der Waals surface area contributed by atoms with Gasteiger partial charge in [-0.05, 0) is 44.3 Å². The highest BCUT2D eigenvalue weighted by atomic mass is 32.2. The van der Waals surface area contributed by atoms with E-state index in [-0.39, 0.29) is 4.08 Å². The maximum absolute atomic E-state index is 5.54. The fourth-order valence-corrected chi connectivity index (χ4v) is 4.19. The predicted molar refractivity (Wildman–Crippen MR) is 63.3 cm³/mol. The summed E-state index contributed by atoms with van der Waals surface area (Å²) in [6.45, 7) is 2.19. The normalized spacial score (nSPS) is 21.8. The Balaban J connectivity index is 3.00. The zero-order valence-corrected chi connectivity index (χ0v) is 10.5. The first-order chi connectivity index (χ1) is 6.20. The molecule has 0 spiro atoms. The van der Waals surface area contributed by atoms with E-state index in [9.17, 15) is 0 Å². The van der Waals surface area contributed by atoms with Crippen molar-refractivity contribution in [3.8, 4) is 0 Å². The second kappa shape index (κ2) is 4.65. The van der Waals surface area contributed by atoms with Gasteiger partial charge in [0.25, 0.3) is 0 Å². The molecule has 0 saturated heterocycles. The van der Waals surface area contributed by atoms with Gasteiger partial charge in [-0.25, -0.2) is 0 Å². The molecule has 0 amide bonds. The maximum Gasteiger partial charge on any atom is 0.120 e. The minimum atomic E-state index is 0.192. The molecule has 0 aliphatic heterocycles. The number of hydrogen-bond donors (Lipinski definition) is 0. The Labute approximate surface area is 89.7 Å². The molecule has 0 fully saturated rings. The summed E-state index contributed by atoms with van der Waals surface area (Å²) in [7, 11) is 1.80. The van der Waals surface area contributed by atoms with E-state index in [0.29, 0.717) is 0 Å². The van der Waals surface area contributed by atoms with Crippen LogP contribution in [0.5, 0.6) is 0 Å². The molecule has 0 aromatic heterocycles. The largest absolute Gasteiger partial charge is 0.499 e. The zero-order chi connectivity index (χ0) is 9.90. The molecule has 0 unspecified atom stereocenters. The van der Waals surface area contributed by atoms with E-state index in [1.165, 1.54) is 30.6 Å². The summed E-state index contributed by atoms with van der Waals surface area (Å²) in [6.07, 6.45) is 8.07. The number of hydrogen-bond acceptors (Lipinski definition) is 3. The monoisotopic (exact) mass is 218 g/mol. The lowest BCUT2D eigenvalue weighted by molar-refractivity contribution is 0.258. The average Bonchev–Trinajstić information content (AvgIpc) is 2.17. The van der Waals surface area contributed by atoms with Crippen LogP contribution in [0.25, 0.3) is 0 Å². The first-order valence-electron chi connectivity index (χ1n) is 4.54. The fourth-order valence-electron chi connectivity index (χ4n) is 1.94. The van der Waals surface area contributed by atoms with E-state index in [1.807, 2.05) is 23.5 Å². The first-order valence-corrected chi connectivity index (χ1v) is 6.99. The van der Waals surface area contributed by atoms with Gasteiger partial charge < -0.3 is 4.74 Å². The second-order valence-corrected chi connectivity index (χ2v) is 5.80. The fraction of sp³-hybridized carbons (Fsp3) is 0.800. The summed E-state index contributed by atoms with van der Waals surface area (Å²) in [5, 5.41) is 0. The molecule has 1 aliphatic rings. The van der Waals surface area contributed by atoms with Gasteiger partial charge in [0.15, 0.2) is 0 Å². The standard InChI is InChI=1S/C10H18OS2/c1-8-6-5-7-10(12-3,13-4)9(8)11-2/h5-7H2,1-4H3. The van der Waals surface area contributed by atoms with Crippen molar-refractivity contribution in [3.05, 3.63) is 11.3 Å². The van der Waals surface area contributed by atoms with Crippen LogP contribution in [0.15, 0.2) is 11.3 Å². The minimum Gasteiger partial charge on any atom is -0.499 e. The Morgan fingerprint density at radius 1 is 1.31 bits per heavy atom. The molecule has 1 aliphatic carbocycles. The molecule has 1 rings (SSSR count). The Kier molecular flexibility index (Phi) is 4.05. The van der Waals surface area contributed by atoms with Crippen molar-refractivity contribution in [3.63, 3.8) is 0 Å². The Morgan fingerprint density at radius 2 is 1.92 bits per heavy atom. The SMILES string of the molecule is COC1=C(C)CCCC1(SC)SC. The van der Waals surface area contributed by atoms with E-state index in [2.05, 4.69) is 19.4 Å². The predicted octanol–water partition coefficient (Wildman–Crippen LogP) is 3.51. The van der Waals surface area contributed by atoms with Gasteiger partial charge in [-0.15, -0.1) is 23.5 Å². The van der Waals surface area contributed by atoms with E-state index in [1.54, 1.807) is 7.11 Å². The van der Waals surface area contributed by atoms with Gasteiger partial charge in [0.2, 0.25) is 0 Å². The molecule has 0 bridgehead atoms. The molecular weight excluding hydrogens is 200 g/mol. The summed E-state index contributed by atoms with van der Waals surface area (Å²) >= 11 is 3.82. The smallest absolute Gasteiger partial charge is 0.120 e. The Hall–Kier alpha value is 0.240. The topological polar surface area (TPSA) is 9.23 Å². The Morgan fingerprint density at radius 3 is 2.31 bits per heavy atom. The lowest BCUT2D eigenvalue weighted by Gasteiger charge is -2.36. The lowest BCUT2D eigenvalue weighted by atomic mass is 9.98. The van der Waals surface area contributed by atoms with Crippen LogP contribution in [0.3, 0.4) is 0 Å². The molecule has 0 radical (unpaired) electrons. The molecule has 13 heavy (non-hydrogen) atoms. The van der Waals surface area contributed by atoms with Crippen LogP contribution in [0, 0.1) is 0 Å². The first kappa shape index (κ1) is 11.3. The molecule has 0 atom stereocenters. The highest BCUT2D eigenvalue weighted by Gasteiger charge is 2.37. The third-order valence-electron chi connectivity index (χ3n) is 2.65. The molecular formula is C10H18OS2. The molecule has 0 heterocycles. The quantitative estimate of drug-likeness (QED) is 0.671. The van der Waals surface area contributed by atoms with Gasteiger partial charge in [0, 0.05) is 0 Å². The van der Waals surface area contributed by atoms with Crippen molar-refractivity contribution >= 4 is 23.5 Å². The van der Waals surface area contributed by atoms with E-state index >= 15 is 0 Å². The van der Waals surface area contributed by atoms with Crippen molar-refractivity contribution in [2.45, 2.75) is 30.3 Å². The number of allylic oxidation sites excluding steroid dienone is 1. The average molecular weight is 218 g/mol. The molecule has 0 aromatic rings. The number of ether oxygens (including phenoxy) is 1. The summed E-state index contributed by atoms with van der Waals surface area (Å²) in [6, 6.07) is 0. The number of methoxy groups -OCH3 is 1. The molecule has 0 aromatic carbocycles. The van der Waals surface area contributed by atoms with Crippen LogP contribution in [0.2, 0.25) is 0 Å². The van der Waals surface area contributed by atoms with Crippen molar-refractivity contribution in [2.75, 3.05) is 19.6 Å². The van der Waals surface area contributed by atoms with Gasteiger partial charge in [-0.2, -0.15) is 0 Å². The van der Waals surface area contributed by atoms with Crippen molar-refractivity contribution in [1.29, 1.82) is 0 Å². The minimum absolute atomic E-state index is 0.192. The zero-order valence-electron chi connectivity index (χ0n) is 8.85. The highest BCUT2D eigenvalue weighted by Crippen LogP contribution is 2.49. The van der Waals surface area contributed by atoms with Gasteiger partial charge >= 0.3 is 0 Å². The lowest BCUT2D eigenvalue weighted by Crippen LogP contribution is -2.28. The van der Waals surface area contributed by atoms with Crippen LogP contribution in [0.4, 0.5) is 0 Å². The Bertz CT molecular complexity index is 207. The van der Waals surface area contributed by atoms with E-state index < -0.39 is 0 Å². The molecule has 3 heteroatoms. The van der Waals surface area contributed by atoms with Crippen LogP contribution >= 0.6 is 23.5 Å². The molecule has 1 nitrogen and oxygen atoms in total. The van der Waals surface area contributed by atoms with Crippen LogP contribution in [-0.2, 0) is 4.74 Å². The summed E-state index contributed by atoms with van der Waals surface area (Å²) in [4.78, 5) is 0.